The molecule has 0 saturated heterocycles. The number of carbonyl (C=O) groups excluding carboxylic acids is 2. The maximum Gasteiger partial charge on any atom is 0.425 e. The molecule has 1 aliphatic heterocycles. The van der Waals surface area contributed by atoms with Crippen molar-refractivity contribution in [2.24, 2.45) is 0 Å². The number of anilines is 1. The maximum absolute atomic E-state index is 13.7. The van der Waals surface area contributed by atoms with Gasteiger partial charge in [0.25, 0.3) is 0 Å². The lowest BCUT2D eigenvalue weighted by Crippen LogP contribution is -2.28. The molecule has 1 aliphatic rings. The number of hydrogen-bond acceptors (Lipinski definition) is 7. The molecular weight excluding hydrogens is 399 g/mol. The van der Waals surface area contributed by atoms with Gasteiger partial charge in [-0.15, -0.1) is 0 Å². The van der Waals surface area contributed by atoms with Gasteiger partial charge in [0.15, 0.2) is 5.57 Å². The molecule has 152 valence electrons. The summed E-state index contributed by atoms with van der Waals surface area (Å²) in [5.41, 5.74) is -1.12. The molecule has 1 aromatic rings. The molecule has 0 aromatic heterocycles. The third-order valence-electron chi connectivity index (χ3n) is 3.74. The first-order chi connectivity index (χ1) is 13.2. The number of benzene rings is 1. The van der Waals surface area contributed by atoms with E-state index in [2.05, 4.69) is 4.74 Å². The third kappa shape index (κ3) is 4.11. The van der Waals surface area contributed by atoms with Gasteiger partial charge in [0.05, 0.1) is 26.5 Å². The zero-order valence-electron chi connectivity index (χ0n) is 15.5. The van der Waals surface area contributed by atoms with Crippen molar-refractivity contribution in [1.82, 2.24) is 0 Å². The van der Waals surface area contributed by atoms with Gasteiger partial charge in [-0.2, -0.15) is 13.2 Å². The zero-order chi connectivity index (χ0) is 21.1. The number of thioether (sulfide) groups is 1. The van der Waals surface area contributed by atoms with E-state index in [0.717, 1.165) is 12.0 Å². The van der Waals surface area contributed by atoms with Gasteiger partial charge < -0.3 is 19.1 Å². The first-order valence-electron chi connectivity index (χ1n) is 8.06. The van der Waals surface area contributed by atoms with E-state index in [-0.39, 0.29) is 28.6 Å². The lowest BCUT2D eigenvalue weighted by molar-refractivity contribution is -0.148. The van der Waals surface area contributed by atoms with Crippen molar-refractivity contribution in [3.63, 3.8) is 0 Å². The SMILES string of the molecule is CCOC(=O)C1=C(C)N(c2ccccc2OC)/C(=C(/C(=O)OC)C(F)(F)F)S1. The number of nitrogens with zero attached hydrogens (tertiary/aromatic N) is 1. The minimum absolute atomic E-state index is 0.0486. The van der Waals surface area contributed by atoms with E-state index in [1.54, 1.807) is 25.1 Å². The summed E-state index contributed by atoms with van der Waals surface area (Å²) < 4.78 is 55.7. The van der Waals surface area contributed by atoms with Crippen LogP contribution in [0.4, 0.5) is 18.9 Å². The first-order valence-corrected chi connectivity index (χ1v) is 8.87. The highest BCUT2D eigenvalue weighted by atomic mass is 32.2. The second kappa shape index (κ2) is 8.59. The van der Waals surface area contributed by atoms with Crippen molar-refractivity contribution < 1.29 is 37.0 Å². The van der Waals surface area contributed by atoms with Crippen LogP contribution < -0.4 is 9.64 Å². The highest BCUT2D eigenvalue weighted by Gasteiger charge is 2.47. The lowest BCUT2D eigenvalue weighted by Gasteiger charge is -2.25. The predicted molar refractivity (Wildman–Crippen MR) is 97.5 cm³/mol. The van der Waals surface area contributed by atoms with Gasteiger partial charge in [-0.05, 0) is 26.0 Å². The average Bonchev–Trinajstić information content (AvgIpc) is 2.97. The highest BCUT2D eigenvalue weighted by Crippen LogP contribution is 2.50. The molecule has 0 saturated carbocycles. The summed E-state index contributed by atoms with van der Waals surface area (Å²) in [7, 11) is 2.22. The molecule has 2 rings (SSSR count). The van der Waals surface area contributed by atoms with E-state index in [0.29, 0.717) is 11.8 Å². The number of esters is 2. The van der Waals surface area contributed by atoms with E-state index in [4.69, 9.17) is 9.47 Å². The van der Waals surface area contributed by atoms with Crippen LogP contribution in [0.5, 0.6) is 5.75 Å². The molecule has 0 radical (unpaired) electrons. The molecule has 6 nitrogen and oxygen atoms in total. The van der Waals surface area contributed by atoms with Crippen LogP contribution in [0.1, 0.15) is 13.8 Å². The van der Waals surface area contributed by atoms with Crippen LogP contribution in [0.25, 0.3) is 0 Å². The van der Waals surface area contributed by atoms with E-state index in [1.807, 2.05) is 0 Å². The molecule has 0 fully saturated rings. The summed E-state index contributed by atoms with van der Waals surface area (Å²) in [5.74, 6) is -2.09. The van der Waals surface area contributed by atoms with Crippen molar-refractivity contribution >= 4 is 29.4 Å². The van der Waals surface area contributed by atoms with Gasteiger partial charge in [0.2, 0.25) is 0 Å². The quantitative estimate of drug-likeness (QED) is 0.530. The molecular formula is C18H18F3NO5S. The number of halogens is 3. The number of hydrogen-bond donors (Lipinski definition) is 0. The number of alkyl halides is 3. The Labute approximate surface area is 163 Å². The molecule has 10 heteroatoms. The van der Waals surface area contributed by atoms with Gasteiger partial charge >= 0.3 is 18.1 Å². The Balaban J connectivity index is 2.79. The third-order valence-corrected chi connectivity index (χ3v) is 4.99. The second-order valence-corrected chi connectivity index (χ2v) is 6.41. The Bertz CT molecular complexity index is 848. The summed E-state index contributed by atoms with van der Waals surface area (Å²) in [5, 5.41) is -0.510. The Morgan fingerprint density at radius 2 is 1.82 bits per heavy atom. The van der Waals surface area contributed by atoms with Crippen molar-refractivity contribution in [2.45, 2.75) is 20.0 Å². The maximum atomic E-state index is 13.7. The molecule has 1 heterocycles. The average molecular weight is 417 g/mol. The van der Waals surface area contributed by atoms with Crippen LogP contribution in [-0.2, 0) is 19.1 Å². The Morgan fingerprint density at radius 3 is 2.36 bits per heavy atom. The summed E-state index contributed by atoms with van der Waals surface area (Å²) in [4.78, 5) is 25.3. The van der Waals surface area contributed by atoms with Crippen molar-refractivity contribution in [1.29, 1.82) is 0 Å². The Kier molecular flexibility index (Phi) is 6.65. The molecule has 0 spiro atoms. The molecule has 0 aliphatic carbocycles. The van der Waals surface area contributed by atoms with Crippen LogP contribution in [0.15, 0.2) is 45.5 Å². The predicted octanol–water partition coefficient (Wildman–Crippen LogP) is 3.99. The van der Waals surface area contributed by atoms with Gasteiger partial charge in [-0.3, -0.25) is 0 Å². The van der Waals surface area contributed by atoms with Gasteiger partial charge in [0, 0.05) is 5.70 Å². The summed E-state index contributed by atoms with van der Waals surface area (Å²) in [6, 6.07) is 6.31. The number of carbonyl (C=O) groups is 2. The number of allylic oxidation sites excluding steroid dienone is 1. The van der Waals surface area contributed by atoms with Crippen molar-refractivity contribution in [3.05, 3.63) is 45.5 Å². The number of methoxy groups -OCH3 is 2. The zero-order valence-corrected chi connectivity index (χ0v) is 16.4. The largest absolute Gasteiger partial charge is 0.495 e. The monoisotopic (exact) mass is 417 g/mol. The Hall–Kier alpha value is -2.62. The van der Waals surface area contributed by atoms with E-state index in [9.17, 15) is 22.8 Å². The van der Waals surface area contributed by atoms with Crippen LogP contribution >= 0.6 is 11.8 Å². The molecule has 0 bridgehead atoms. The summed E-state index contributed by atoms with van der Waals surface area (Å²) >= 11 is 0.502. The van der Waals surface area contributed by atoms with E-state index < -0.39 is 28.7 Å². The fourth-order valence-electron chi connectivity index (χ4n) is 2.55. The molecule has 0 N–H and O–H groups in total. The highest BCUT2D eigenvalue weighted by molar-refractivity contribution is 8.08. The molecule has 0 unspecified atom stereocenters. The van der Waals surface area contributed by atoms with Gasteiger partial charge in [-0.25, -0.2) is 9.59 Å². The first kappa shape index (κ1) is 21.7. The minimum Gasteiger partial charge on any atom is -0.495 e. The van der Waals surface area contributed by atoms with Crippen LogP contribution in [-0.4, -0.2) is 38.9 Å². The van der Waals surface area contributed by atoms with Crippen LogP contribution in [0, 0.1) is 0 Å². The Morgan fingerprint density at radius 1 is 1.18 bits per heavy atom. The fraction of sp³-hybridized carbons (Fsp3) is 0.333. The number of ether oxygens (including phenoxy) is 3. The molecule has 1 aromatic carbocycles. The fourth-order valence-corrected chi connectivity index (χ4v) is 3.75. The van der Waals surface area contributed by atoms with Gasteiger partial charge in [-0.1, -0.05) is 23.9 Å². The topological polar surface area (TPSA) is 65.1 Å². The van der Waals surface area contributed by atoms with Crippen LogP contribution in [0.3, 0.4) is 0 Å². The van der Waals surface area contributed by atoms with Gasteiger partial charge in [0.1, 0.15) is 15.7 Å². The molecule has 28 heavy (non-hydrogen) atoms. The van der Waals surface area contributed by atoms with E-state index >= 15 is 0 Å². The summed E-state index contributed by atoms with van der Waals surface area (Å²) in [6.07, 6.45) is -5.01. The number of para-hydroxylation sites is 2. The smallest absolute Gasteiger partial charge is 0.425 e. The normalized spacial score (nSPS) is 16.2. The second-order valence-electron chi connectivity index (χ2n) is 5.41. The lowest BCUT2D eigenvalue weighted by atomic mass is 10.2. The molecule has 0 atom stereocenters. The van der Waals surface area contributed by atoms with E-state index in [1.165, 1.54) is 20.1 Å². The number of rotatable bonds is 5. The molecule has 0 amide bonds. The van der Waals surface area contributed by atoms with Crippen molar-refractivity contribution in [3.8, 4) is 5.75 Å². The standard InChI is InChI=1S/C18H18F3NO5S/c1-5-27-17(24)14-10(2)22(11-8-6-7-9-12(11)25-3)15(28-14)13(16(23)26-4)18(19,20)21/h6-9H,5H2,1-4H3/b15-13+. The van der Waals surface area contributed by atoms with Crippen LogP contribution in [0.2, 0.25) is 0 Å². The summed E-state index contributed by atoms with van der Waals surface area (Å²) in [6.45, 7) is 3.09. The minimum atomic E-state index is -5.01. The van der Waals surface area contributed by atoms with Crippen molar-refractivity contribution in [2.75, 3.05) is 25.7 Å².